The van der Waals surface area contributed by atoms with Crippen molar-refractivity contribution >= 4 is 28.2 Å². The molecule has 2 N–H and O–H groups in total. The van der Waals surface area contributed by atoms with Crippen LogP contribution in [0.25, 0.3) is 0 Å². The van der Waals surface area contributed by atoms with Gasteiger partial charge in [0.2, 0.25) is 5.91 Å². The van der Waals surface area contributed by atoms with E-state index >= 15 is 0 Å². The van der Waals surface area contributed by atoms with E-state index in [1.54, 1.807) is 0 Å². The third kappa shape index (κ3) is 2.82. The van der Waals surface area contributed by atoms with E-state index in [4.69, 9.17) is 4.74 Å². The van der Waals surface area contributed by atoms with Crippen molar-refractivity contribution in [2.75, 3.05) is 19.0 Å². The fourth-order valence-electron chi connectivity index (χ4n) is 3.08. The van der Waals surface area contributed by atoms with Gasteiger partial charge < -0.3 is 15.4 Å². The highest BCUT2D eigenvalue weighted by molar-refractivity contribution is 7.17. The van der Waals surface area contributed by atoms with Gasteiger partial charge in [0, 0.05) is 4.88 Å². The first-order valence-electron chi connectivity index (χ1n) is 7.48. The number of carbonyl (C=O) groups is 2. The SMILES string of the molecule is COC(=O)c1c(NC(=O)C2CCCN2)sc2c1CCCC2. The molecule has 0 saturated carbocycles. The van der Waals surface area contributed by atoms with Gasteiger partial charge in [-0.05, 0) is 50.6 Å². The summed E-state index contributed by atoms with van der Waals surface area (Å²) in [6.07, 6.45) is 5.99. The van der Waals surface area contributed by atoms with Crippen molar-refractivity contribution in [3.8, 4) is 0 Å². The molecule has 114 valence electrons. The van der Waals surface area contributed by atoms with Crippen LogP contribution in [-0.2, 0) is 22.4 Å². The minimum absolute atomic E-state index is 0.0451. The largest absolute Gasteiger partial charge is 0.465 e. The maximum absolute atomic E-state index is 12.3. The Bertz CT molecular complexity index is 562. The van der Waals surface area contributed by atoms with Gasteiger partial charge >= 0.3 is 5.97 Å². The smallest absolute Gasteiger partial charge is 0.341 e. The zero-order valence-corrected chi connectivity index (χ0v) is 13.0. The van der Waals surface area contributed by atoms with Gasteiger partial charge in [0.25, 0.3) is 0 Å². The number of esters is 1. The number of nitrogens with one attached hydrogen (secondary N) is 2. The van der Waals surface area contributed by atoms with Crippen LogP contribution >= 0.6 is 11.3 Å². The van der Waals surface area contributed by atoms with E-state index in [9.17, 15) is 9.59 Å². The van der Waals surface area contributed by atoms with Crippen molar-refractivity contribution in [1.29, 1.82) is 0 Å². The van der Waals surface area contributed by atoms with Gasteiger partial charge in [0.15, 0.2) is 0 Å². The molecule has 2 aliphatic rings. The van der Waals surface area contributed by atoms with E-state index < -0.39 is 0 Å². The van der Waals surface area contributed by atoms with Crippen LogP contribution in [0.4, 0.5) is 5.00 Å². The number of fused-ring (bicyclic) bond motifs is 1. The van der Waals surface area contributed by atoms with Crippen molar-refractivity contribution in [1.82, 2.24) is 5.32 Å². The van der Waals surface area contributed by atoms with Crippen LogP contribution < -0.4 is 10.6 Å². The number of anilines is 1. The Balaban J connectivity index is 1.88. The second-order valence-corrected chi connectivity index (χ2v) is 6.65. The van der Waals surface area contributed by atoms with E-state index in [2.05, 4.69) is 10.6 Å². The molecule has 1 aromatic rings. The zero-order chi connectivity index (χ0) is 14.8. The molecule has 5 nitrogen and oxygen atoms in total. The number of hydrogen-bond donors (Lipinski definition) is 2. The zero-order valence-electron chi connectivity index (χ0n) is 12.2. The van der Waals surface area contributed by atoms with Crippen molar-refractivity contribution in [3.05, 3.63) is 16.0 Å². The maximum atomic E-state index is 12.3. The molecule has 1 unspecified atom stereocenters. The number of amides is 1. The van der Waals surface area contributed by atoms with Crippen LogP contribution in [0.2, 0.25) is 0 Å². The quantitative estimate of drug-likeness (QED) is 0.839. The molecule has 0 spiro atoms. The first kappa shape index (κ1) is 14.5. The molecule has 1 aliphatic carbocycles. The van der Waals surface area contributed by atoms with Crippen molar-refractivity contribution in [3.63, 3.8) is 0 Å². The first-order chi connectivity index (χ1) is 10.2. The van der Waals surface area contributed by atoms with E-state index in [1.165, 1.54) is 23.3 Å². The van der Waals surface area contributed by atoms with Crippen LogP contribution in [0.1, 0.15) is 46.5 Å². The van der Waals surface area contributed by atoms with Gasteiger partial charge in [-0.2, -0.15) is 0 Å². The third-order valence-corrected chi connectivity index (χ3v) is 5.38. The Hall–Kier alpha value is -1.40. The molecule has 6 heteroatoms. The summed E-state index contributed by atoms with van der Waals surface area (Å²) < 4.78 is 4.91. The molecule has 1 amide bonds. The van der Waals surface area contributed by atoms with Gasteiger partial charge in [-0.25, -0.2) is 4.79 Å². The van der Waals surface area contributed by atoms with Crippen molar-refractivity contribution in [2.24, 2.45) is 0 Å². The van der Waals surface area contributed by atoms with Gasteiger partial charge in [-0.3, -0.25) is 4.79 Å². The average molecular weight is 308 g/mol. The number of methoxy groups -OCH3 is 1. The minimum Gasteiger partial charge on any atom is -0.465 e. The predicted molar refractivity (Wildman–Crippen MR) is 82.0 cm³/mol. The van der Waals surface area contributed by atoms with E-state index in [1.807, 2.05) is 0 Å². The van der Waals surface area contributed by atoms with Gasteiger partial charge in [-0.1, -0.05) is 0 Å². The third-order valence-electron chi connectivity index (χ3n) is 4.17. The summed E-state index contributed by atoms with van der Waals surface area (Å²) in [5.41, 5.74) is 1.65. The monoisotopic (exact) mass is 308 g/mol. The lowest BCUT2D eigenvalue weighted by molar-refractivity contribution is -0.117. The van der Waals surface area contributed by atoms with Crippen LogP contribution in [-0.4, -0.2) is 31.6 Å². The van der Waals surface area contributed by atoms with Crippen LogP contribution in [0.5, 0.6) is 0 Å². The highest BCUT2D eigenvalue weighted by Gasteiger charge is 2.29. The minimum atomic E-state index is -0.343. The molecule has 1 fully saturated rings. The molecule has 1 atom stereocenters. The van der Waals surface area contributed by atoms with Crippen LogP contribution in [0, 0.1) is 0 Å². The lowest BCUT2D eigenvalue weighted by Gasteiger charge is -2.12. The molecule has 1 aliphatic heterocycles. The number of aryl methyl sites for hydroxylation is 1. The molecule has 21 heavy (non-hydrogen) atoms. The van der Waals surface area contributed by atoms with Crippen LogP contribution in [0.3, 0.4) is 0 Å². The molecule has 0 aromatic carbocycles. The summed E-state index contributed by atoms with van der Waals surface area (Å²) >= 11 is 1.53. The Morgan fingerprint density at radius 2 is 2.10 bits per heavy atom. The number of thiophene rings is 1. The molecule has 1 aromatic heterocycles. The Labute approximate surface area is 128 Å². The summed E-state index contributed by atoms with van der Waals surface area (Å²) in [4.78, 5) is 25.6. The van der Waals surface area contributed by atoms with Crippen molar-refractivity contribution < 1.29 is 14.3 Å². The lowest BCUT2D eigenvalue weighted by Crippen LogP contribution is -2.35. The molecule has 0 bridgehead atoms. The summed E-state index contributed by atoms with van der Waals surface area (Å²) in [5.74, 6) is -0.389. The summed E-state index contributed by atoms with van der Waals surface area (Å²) in [6.45, 7) is 0.878. The number of carbonyl (C=O) groups excluding carboxylic acids is 2. The fraction of sp³-hybridized carbons (Fsp3) is 0.600. The Morgan fingerprint density at radius 3 is 2.81 bits per heavy atom. The molecule has 3 rings (SSSR count). The predicted octanol–water partition coefficient (Wildman–Crippen LogP) is 2.10. The molecule has 0 radical (unpaired) electrons. The van der Waals surface area contributed by atoms with Crippen molar-refractivity contribution in [2.45, 2.75) is 44.6 Å². The number of rotatable bonds is 3. The van der Waals surface area contributed by atoms with Gasteiger partial charge in [0.05, 0.1) is 18.7 Å². The van der Waals surface area contributed by atoms with E-state index in [0.29, 0.717) is 10.6 Å². The molecule has 1 saturated heterocycles. The summed E-state index contributed by atoms with van der Waals surface area (Å²) in [5, 5.41) is 6.78. The highest BCUT2D eigenvalue weighted by Crippen LogP contribution is 2.38. The normalized spacial score (nSPS) is 20.9. The highest BCUT2D eigenvalue weighted by atomic mass is 32.1. The number of hydrogen-bond acceptors (Lipinski definition) is 5. The Morgan fingerprint density at radius 1 is 1.29 bits per heavy atom. The fourth-order valence-corrected chi connectivity index (χ4v) is 4.36. The molecular weight excluding hydrogens is 288 g/mol. The molecular formula is C15H20N2O3S. The average Bonchev–Trinajstić information content (AvgIpc) is 3.13. The van der Waals surface area contributed by atoms with Crippen LogP contribution in [0.15, 0.2) is 0 Å². The second kappa shape index (κ2) is 6.15. The molecule has 2 heterocycles. The topological polar surface area (TPSA) is 67.4 Å². The summed E-state index contributed by atoms with van der Waals surface area (Å²) in [6, 6.07) is -0.144. The Kier molecular flexibility index (Phi) is 4.26. The standard InChI is InChI=1S/C15H20N2O3S/c1-20-15(19)12-9-5-2-3-7-11(9)21-14(12)17-13(18)10-6-4-8-16-10/h10,16H,2-8H2,1H3,(H,17,18). The van der Waals surface area contributed by atoms with E-state index in [0.717, 1.165) is 50.6 Å². The van der Waals surface area contributed by atoms with Gasteiger partial charge in [0.1, 0.15) is 5.00 Å². The maximum Gasteiger partial charge on any atom is 0.341 e. The van der Waals surface area contributed by atoms with E-state index in [-0.39, 0.29) is 17.9 Å². The number of ether oxygens (including phenoxy) is 1. The summed E-state index contributed by atoms with van der Waals surface area (Å²) in [7, 11) is 1.39. The second-order valence-electron chi connectivity index (χ2n) is 5.54. The first-order valence-corrected chi connectivity index (χ1v) is 8.29. The lowest BCUT2D eigenvalue weighted by atomic mass is 9.95. The van der Waals surface area contributed by atoms with Gasteiger partial charge in [-0.15, -0.1) is 11.3 Å².